The van der Waals surface area contributed by atoms with Crippen LogP contribution in [0.25, 0.3) is 0 Å². The van der Waals surface area contributed by atoms with E-state index in [1.54, 1.807) is 0 Å². The van der Waals surface area contributed by atoms with Crippen LogP contribution in [0.5, 0.6) is 0 Å². The zero-order valence-electron chi connectivity index (χ0n) is 13.3. The van der Waals surface area contributed by atoms with Gasteiger partial charge in [0.05, 0.1) is 12.1 Å². The molecule has 1 amide bonds. The Morgan fingerprint density at radius 1 is 1.18 bits per heavy atom. The Kier molecular flexibility index (Phi) is 6.87. The summed E-state index contributed by atoms with van der Waals surface area (Å²) in [5.41, 5.74) is 0.301. The van der Waals surface area contributed by atoms with Gasteiger partial charge in [0.1, 0.15) is 0 Å². The molecule has 1 N–H and O–H groups in total. The molecule has 124 valence electrons. The van der Waals surface area contributed by atoms with Crippen LogP contribution < -0.4 is 5.32 Å². The van der Waals surface area contributed by atoms with Crippen molar-refractivity contribution >= 4 is 11.6 Å². The van der Waals surface area contributed by atoms with Crippen molar-refractivity contribution in [3.8, 4) is 0 Å². The highest BCUT2D eigenvalue weighted by Gasteiger charge is 2.31. The number of carbonyl (C=O) groups excluding carboxylic acids is 1. The SMILES string of the molecule is CCCc1cc(C(F)(F)F)ccc1NC(=O)CN(CC)CC. The van der Waals surface area contributed by atoms with Crippen LogP contribution in [0.15, 0.2) is 18.2 Å². The molecule has 0 spiro atoms. The van der Waals surface area contributed by atoms with Gasteiger partial charge in [-0.1, -0.05) is 27.2 Å². The number of hydrogen-bond acceptors (Lipinski definition) is 2. The third-order valence-electron chi connectivity index (χ3n) is 3.49. The smallest absolute Gasteiger partial charge is 0.325 e. The topological polar surface area (TPSA) is 32.3 Å². The fourth-order valence-corrected chi connectivity index (χ4v) is 2.21. The number of hydrogen-bond donors (Lipinski definition) is 1. The van der Waals surface area contributed by atoms with Gasteiger partial charge >= 0.3 is 6.18 Å². The van der Waals surface area contributed by atoms with Crippen LogP contribution in [0.3, 0.4) is 0 Å². The Morgan fingerprint density at radius 3 is 2.32 bits per heavy atom. The number of halogens is 3. The van der Waals surface area contributed by atoms with Crippen LogP contribution in [0.4, 0.5) is 18.9 Å². The van der Waals surface area contributed by atoms with Gasteiger partial charge < -0.3 is 5.32 Å². The molecule has 0 aliphatic rings. The molecule has 1 rings (SSSR count). The molecule has 0 radical (unpaired) electrons. The fourth-order valence-electron chi connectivity index (χ4n) is 2.21. The minimum Gasteiger partial charge on any atom is -0.325 e. The van der Waals surface area contributed by atoms with E-state index >= 15 is 0 Å². The second-order valence-corrected chi connectivity index (χ2v) is 5.13. The summed E-state index contributed by atoms with van der Waals surface area (Å²) in [5.74, 6) is -0.208. The lowest BCUT2D eigenvalue weighted by atomic mass is 10.0. The van der Waals surface area contributed by atoms with Crippen molar-refractivity contribution in [2.45, 2.75) is 39.8 Å². The van der Waals surface area contributed by atoms with Gasteiger partial charge in [-0.15, -0.1) is 0 Å². The molecule has 0 unspecified atom stereocenters. The maximum absolute atomic E-state index is 12.8. The number of rotatable bonds is 7. The maximum Gasteiger partial charge on any atom is 0.416 e. The van der Waals surface area contributed by atoms with Gasteiger partial charge in [0.2, 0.25) is 5.91 Å². The number of aryl methyl sites for hydroxylation is 1. The molecule has 1 aromatic rings. The molecule has 3 nitrogen and oxygen atoms in total. The van der Waals surface area contributed by atoms with Crippen LogP contribution >= 0.6 is 0 Å². The van der Waals surface area contributed by atoms with Gasteiger partial charge in [0.25, 0.3) is 0 Å². The fraction of sp³-hybridized carbons (Fsp3) is 0.562. The molecule has 0 saturated carbocycles. The molecule has 0 saturated heterocycles. The van der Waals surface area contributed by atoms with Crippen molar-refractivity contribution in [2.24, 2.45) is 0 Å². The van der Waals surface area contributed by atoms with Crippen molar-refractivity contribution in [1.82, 2.24) is 4.90 Å². The highest BCUT2D eigenvalue weighted by molar-refractivity contribution is 5.93. The van der Waals surface area contributed by atoms with E-state index in [0.29, 0.717) is 24.1 Å². The summed E-state index contributed by atoms with van der Waals surface area (Å²) in [6.45, 7) is 7.54. The van der Waals surface area contributed by atoms with Crippen LogP contribution in [-0.4, -0.2) is 30.4 Å². The first-order chi connectivity index (χ1) is 10.3. The van der Waals surface area contributed by atoms with Gasteiger partial charge in [-0.25, -0.2) is 0 Å². The Balaban J connectivity index is 2.91. The average Bonchev–Trinajstić information content (AvgIpc) is 2.45. The number of amides is 1. The molecule has 0 heterocycles. The van der Waals surface area contributed by atoms with Crippen molar-refractivity contribution in [2.75, 3.05) is 25.0 Å². The lowest BCUT2D eigenvalue weighted by Gasteiger charge is -2.19. The molecular weight excluding hydrogens is 293 g/mol. The minimum atomic E-state index is -4.37. The van der Waals surface area contributed by atoms with Crippen molar-refractivity contribution in [3.05, 3.63) is 29.3 Å². The summed E-state index contributed by atoms with van der Waals surface area (Å²) in [5, 5.41) is 2.73. The Labute approximate surface area is 129 Å². The van der Waals surface area contributed by atoms with Gasteiger partial charge in [-0.2, -0.15) is 13.2 Å². The molecule has 1 aromatic carbocycles. The van der Waals surface area contributed by atoms with E-state index in [2.05, 4.69) is 5.32 Å². The average molecular weight is 316 g/mol. The Hall–Kier alpha value is -1.56. The van der Waals surface area contributed by atoms with Crippen LogP contribution in [0.2, 0.25) is 0 Å². The molecule has 0 aliphatic carbocycles. The summed E-state index contributed by atoms with van der Waals surface area (Å²) in [4.78, 5) is 13.9. The number of nitrogens with zero attached hydrogens (tertiary/aromatic N) is 1. The summed E-state index contributed by atoms with van der Waals surface area (Å²) in [6.07, 6.45) is -3.17. The van der Waals surface area contributed by atoms with Crippen LogP contribution in [0.1, 0.15) is 38.3 Å². The quantitative estimate of drug-likeness (QED) is 0.826. The zero-order chi connectivity index (χ0) is 16.8. The maximum atomic E-state index is 12.8. The minimum absolute atomic E-state index is 0.208. The van der Waals surface area contributed by atoms with E-state index in [4.69, 9.17) is 0 Å². The standard InChI is InChI=1S/C16H23F3N2O/c1-4-7-12-10-13(16(17,18)19)8-9-14(12)20-15(22)11-21(5-2)6-3/h8-10H,4-7,11H2,1-3H3,(H,20,22). The van der Waals surface area contributed by atoms with Gasteiger partial charge in [0, 0.05) is 5.69 Å². The van der Waals surface area contributed by atoms with Crippen molar-refractivity contribution in [1.29, 1.82) is 0 Å². The number of nitrogens with one attached hydrogen (secondary N) is 1. The molecule has 0 bridgehead atoms. The first-order valence-corrected chi connectivity index (χ1v) is 7.54. The number of carbonyl (C=O) groups is 1. The monoisotopic (exact) mass is 316 g/mol. The van der Waals surface area contributed by atoms with E-state index in [9.17, 15) is 18.0 Å². The molecule has 0 aromatic heterocycles. The summed E-state index contributed by atoms with van der Waals surface area (Å²) in [7, 11) is 0. The van der Waals surface area contributed by atoms with E-state index in [1.165, 1.54) is 6.07 Å². The molecule has 0 fully saturated rings. The zero-order valence-corrected chi connectivity index (χ0v) is 13.3. The van der Waals surface area contributed by atoms with Crippen LogP contribution in [0, 0.1) is 0 Å². The van der Waals surface area contributed by atoms with E-state index < -0.39 is 11.7 Å². The Morgan fingerprint density at radius 2 is 1.82 bits per heavy atom. The second-order valence-electron chi connectivity index (χ2n) is 5.13. The van der Waals surface area contributed by atoms with Crippen molar-refractivity contribution < 1.29 is 18.0 Å². The molecule has 22 heavy (non-hydrogen) atoms. The largest absolute Gasteiger partial charge is 0.416 e. The predicted octanol–water partition coefficient (Wildman–Crippen LogP) is 3.94. The third-order valence-corrected chi connectivity index (χ3v) is 3.49. The Bertz CT molecular complexity index is 497. The molecule has 6 heteroatoms. The first kappa shape index (κ1) is 18.5. The number of anilines is 1. The number of alkyl halides is 3. The molecular formula is C16H23F3N2O. The van der Waals surface area contributed by atoms with Crippen LogP contribution in [-0.2, 0) is 17.4 Å². The summed E-state index contributed by atoms with van der Waals surface area (Å²) < 4.78 is 38.3. The lowest BCUT2D eigenvalue weighted by Crippen LogP contribution is -2.33. The molecule has 0 atom stereocenters. The van der Waals surface area contributed by atoms with Gasteiger partial charge in [0.15, 0.2) is 0 Å². The number of benzene rings is 1. The number of likely N-dealkylation sites (N-methyl/N-ethyl adjacent to an activating group) is 1. The first-order valence-electron chi connectivity index (χ1n) is 7.54. The molecule has 0 aliphatic heterocycles. The van der Waals surface area contributed by atoms with E-state index in [-0.39, 0.29) is 12.5 Å². The normalized spacial score (nSPS) is 11.8. The summed E-state index contributed by atoms with van der Waals surface area (Å²) >= 11 is 0. The van der Waals surface area contributed by atoms with Crippen molar-refractivity contribution in [3.63, 3.8) is 0 Å². The third kappa shape index (κ3) is 5.33. The van der Waals surface area contributed by atoms with Gasteiger partial charge in [-0.05, 0) is 43.3 Å². The highest BCUT2D eigenvalue weighted by atomic mass is 19.4. The summed E-state index contributed by atoms with van der Waals surface area (Å²) in [6, 6.07) is 3.47. The lowest BCUT2D eigenvalue weighted by molar-refractivity contribution is -0.137. The highest BCUT2D eigenvalue weighted by Crippen LogP contribution is 2.32. The van der Waals surface area contributed by atoms with E-state index in [1.807, 2.05) is 25.7 Å². The second kappa shape index (κ2) is 8.17. The predicted molar refractivity (Wildman–Crippen MR) is 81.9 cm³/mol. The van der Waals surface area contributed by atoms with Gasteiger partial charge in [-0.3, -0.25) is 9.69 Å². The van der Waals surface area contributed by atoms with E-state index in [0.717, 1.165) is 25.2 Å².